The highest BCUT2D eigenvalue weighted by Crippen LogP contribution is 2.56. The van der Waals surface area contributed by atoms with E-state index in [9.17, 15) is 14.4 Å². The molecule has 7 nitrogen and oxygen atoms in total. The molecule has 2 aliphatic rings. The quantitative estimate of drug-likeness (QED) is 0.643. The lowest BCUT2D eigenvalue weighted by Crippen LogP contribution is -2.45. The minimum atomic E-state index is -0.351. The van der Waals surface area contributed by atoms with E-state index in [1.165, 1.54) is 6.92 Å². The molecule has 3 rings (SSSR count). The van der Waals surface area contributed by atoms with Crippen LogP contribution < -0.4 is 16.0 Å². The van der Waals surface area contributed by atoms with Gasteiger partial charge in [-0.25, -0.2) is 0 Å². The summed E-state index contributed by atoms with van der Waals surface area (Å²) in [7, 11) is 0. The van der Waals surface area contributed by atoms with Crippen LogP contribution >= 0.6 is 11.3 Å². The zero-order chi connectivity index (χ0) is 18.6. The third-order valence-corrected chi connectivity index (χ3v) is 6.04. The largest absolute Gasteiger partial charge is 0.347 e. The zero-order valence-corrected chi connectivity index (χ0v) is 15.9. The van der Waals surface area contributed by atoms with Gasteiger partial charge in [-0.3, -0.25) is 14.4 Å². The van der Waals surface area contributed by atoms with Crippen molar-refractivity contribution < 1.29 is 14.4 Å². The third-order valence-electron chi connectivity index (χ3n) is 5.31. The summed E-state index contributed by atoms with van der Waals surface area (Å²) in [5.41, 5.74) is 1.38. The molecular weight excluding hydrogens is 352 g/mol. The van der Waals surface area contributed by atoms with Crippen molar-refractivity contribution >= 4 is 29.1 Å². The Balaban J connectivity index is 1.59. The SMILES string of the molecule is CC(=O)NCC(=O)NCC(=O)N(Cc1ccsc1)C1CC12CCNCC2. The number of carbonyl (C=O) groups excluding carboxylic acids is 3. The van der Waals surface area contributed by atoms with Crippen LogP contribution in [0.3, 0.4) is 0 Å². The molecule has 1 spiro atoms. The fourth-order valence-corrected chi connectivity index (χ4v) is 4.38. The lowest BCUT2D eigenvalue weighted by Gasteiger charge is -2.29. The molecule has 26 heavy (non-hydrogen) atoms. The number of piperidine rings is 1. The second-order valence-corrected chi connectivity index (χ2v) is 7.95. The van der Waals surface area contributed by atoms with E-state index in [4.69, 9.17) is 0 Å². The van der Waals surface area contributed by atoms with E-state index < -0.39 is 0 Å². The minimum Gasteiger partial charge on any atom is -0.347 e. The average Bonchev–Trinajstić information content (AvgIpc) is 3.06. The Labute approximate surface area is 157 Å². The van der Waals surface area contributed by atoms with Gasteiger partial charge in [-0.1, -0.05) is 0 Å². The molecule has 3 amide bonds. The second kappa shape index (κ2) is 8.18. The summed E-state index contributed by atoms with van der Waals surface area (Å²) >= 11 is 1.62. The zero-order valence-electron chi connectivity index (χ0n) is 15.0. The Kier molecular flexibility index (Phi) is 5.93. The second-order valence-electron chi connectivity index (χ2n) is 7.17. The van der Waals surface area contributed by atoms with E-state index >= 15 is 0 Å². The van der Waals surface area contributed by atoms with Crippen molar-refractivity contribution in [1.82, 2.24) is 20.9 Å². The van der Waals surface area contributed by atoms with Gasteiger partial charge in [0.15, 0.2) is 0 Å². The number of nitrogens with zero attached hydrogens (tertiary/aromatic N) is 1. The molecule has 0 bridgehead atoms. The van der Waals surface area contributed by atoms with Crippen LogP contribution in [0.4, 0.5) is 0 Å². The Hall–Kier alpha value is -1.93. The molecule has 8 heteroatoms. The summed E-state index contributed by atoms with van der Waals surface area (Å²) < 4.78 is 0. The van der Waals surface area contributed by atoms with Gasteiger partial charge in [0.05, 0.1) is 13.1 Å². The lowest BCUT2D eigenvalue weighted by atomic mass is 9.93. The summed E-state index contributed by atoms with van der Waals surface area (Å²) in [5.74, 6) is -0.680. The maximum atomic E-state index is 12.8. The van der Waals surface area contributed by atoms with Gasteiger partial charge in [0.2, 0.25) is 17.7 Å². The monoisotopic (exact) mass is 378 g/mol. The summed E-state index contributed by atoms with van der Waals surface area (Å²) in [6.07, 6.45) is 3.24. The van der Waals surface area contributed by atoms with Crippen LogP contribution in [0, 0.1) is 5.41 Å². The predicted molar refractivity (Wildman–Crippen MR) is 99.5 cm³/mol. The Morgan fingerprint density at radius 2 is 2.04 bits per heavy atom. The molecule has 0 radical (unpaired) electrons. The molecule has 2 fully saturated rings. The molecule has 2 heterocycles. The molecule has 3 N–H and O–H groups in total. The van der Waals surface area contributed by atoms with Crippen LogP contribution in [0.5, 0.6) is 0 Å². The van der Waals surface area contributed by atoms with Crippen LogP contribution in [0.1, 0.15) is 31.7 Å². The van der Waals surface area contributed by atoms with Gasteiger partial charge >= 0.3 is 0 Å². The van der Waals surface area contributed by atoms with Crippen LogP contribution in [-0.2, 0) is 20.9 Å². The van der Waals surface area contributed by atoms with Crippen LogP contribution in [0.15, 0.2) is 16.8 Å². The van der Waals surface area contributed by atoms with Crippen LogP contribution in [0.25, 0.3) is 0 Å². The molecule has 1 saturated heterocycles. The van der Waals surface area contributed by atoms with Crippen molar-refractivity contribution in [3.63, 3.8) is 0 Å². The molecule has 1 aliphatic heterocycles. The van der Waals surface area contributed by atoms with Gasteiger partial charge in [-0.05, 0) is 60.2 Å². The maximum absolute atomic E-state index is 12.8. The standard InChI is InChI=1S/C18H26N4O3S/c1-13(23)20-9-16(24)21-10-17(25)22(11-14-2-7-26-12-14)15-8-18(15)3-5-19-6-4-18/h2,7,12,15,19H,3-6,8-11H2,1H3,(H,20,23)(H,21,24). The first-order chi connectivity index (χ1) is 12.5. The number of thiophene rings is 1. The van der Waals surface area contributed by atoms with E-state index in [1.807, 2.05) is 16.3 Å². The molecule has 1 saturated carbocycles. The molecule has 142 valence electrons. The number of carbonyl (C=O) groups is 3. The molecule has 1 atom stereocenters. The third kappa shape index (κ3) is 4.62. The van der Waals surface area contributed by atoms with E-state index in [0.29, 0.717) is 6.54 Å². The lowest BCUT2D eigenvalue weighted by molar-refractivity contribution is -0.134. The van der Waals surface area contributed by atoms with Gasteiger partial charge in [0.1, 0.15) is 0 Å². The Bertz CT molecular complexity index is 655. The van der Waals surface area contributed by atoms with Gasteiger partial charge in [0.25, 0.3) is 0 Å². The molecule has 0 aromatic carbocycles. The maximum Gasteiger partial charge on any atom is 0.242 e. The number of nitrogens with one attached hydrogen (secondary N) is 3. The molecule has 1 aromatic heterocycles. The van der Waals surface area contributed by atoms with Crippen molar-refractivity contribution in [2.75, 3.05) is 26.2 Å². The van der Waals surface area contributed by atoms with Gasteiger partial charge in [-0.15, -0.1) is 0 Å². The highest BCUT2D eigenvalue weighted by molar-refractivity contribution is 7.07. The van der Waals surface area contributed by atoms with Gasteiger partial charge in [0, 0.05) is 19.5 Å². The normalized spacial score (nSPS) is 20.4. The number of rotatable bonds is 7. The smallest absolute Gasteiger partial charge is 0.242 e. The summed E-state index contributed by atoms with van der Waals surface area (Å²) in [4.78, 5) is 37.4. The van der Waals surface area contributed by atoms with Crippen LogP contribution in [-0.4, -0.2) is 54.8 Å². The van der Waals surface area contributed by atoms with E-state index in [0.717, 1.165) is 37.9 Å². The molecular formula is C18H26N4O3S. The summed E-state index contributed by atoms with van der Waals surface area (Å²) in [5, 5.41) is 12.5. The summed E-state index contributed by atoms with van der Waals surface area (Å²) in [6.45, 7) is 3.81. The Morgan fingerprint density at radius 3 is 2.69 bits per heavy atom. The van der Waals surface area contributed by atoms with Crippen molar-refractivity contribution in [1.29, 1.82) is 0 Å². The highest BCUT2D eigenvalue weighted by Gasteiger charge is 2.57. The Morgan fingerprint density at radius 1 is 1.27 bits per heavy atom. The average molecular weight is 378 g/mol. The van der Waals surface area contributed by atoms with Crippen molar-refractivity contribution in [3.05, 3.63) is 22.4 Å². The number of hydrogen-bond acceptors (Lipinski definition) is 5. The minimum absolute atomic E-state index is 0.0343. The molecule has 1 unspecified atom stereocenters. The van der Waals surface area contributed by atoms with Crippen LogP contribution in [0.2, 0.25) is 0 Å². The van der Waals surface area contributed by atoms with E-state index in [1.54, 1.807) is 11.3 Å². The fraction of sp³-hybridized carbons (Fsp3) is 0.611. The fourth-order valence-electron chi connectivity index (χ4n) is 3.72. The van der Waals surface area contributed by atoms with E-state index in [-0.39, 0.29) is 42.3 Å². The van der Waals surface area contributed by atoms with Crippen molar-refractivity contribution in [2.45, 2.75) is 38.8 Å². The number of amides is 3. The highest BCUT2D eigenvalue weighted by atomic mass is 32.1. The molecule has 1 aromatic rings. The van der Waals surface area contributed by atoms with Crippen molar-refractivity contribution in [2.24, 2.45) is 5.41 Å². The van der Waals surface area contributed by atoms with Gasteiger partial charge < -0.3 is 20.9 Å². The number of hydrogen-bond donors (Lipinski definition) is 3. The first-order valence-corrected chi connectivity index (χ1v) is 9.97. The topological polar surface area (TPSA) is 90.5 Å². The van der Waals surface area contributed by atoms with Gasteiger partial charge in [-0.2, -0.15) is 11.3 Å². The first kappa shape index (κ1) is 18.8. The predicted octanol–water partition coefficient (Wildman–Crippen LogP) is 0.471. The molecule has 1 aliphatic carbocycles. The first-order valence-electron chi connectivity index (χ1n) is 9.02. The van der Waals surface area contributed by atoms with Crippen molar-refractivity contribution in [3.8, 4) is 0 Å². The van der Waals surface area contributed by atoms with E-state index in [2.05, 4.69) is 21.3 Å². The summed E-state index contributed by atoms with van der Waals surface area (Å²) in [6, 6.07) is 2.29.